The summed E-state index contributed by atoms with van der Waals surface area (Å²) in [6.07, 6.45) is 6.99. The van der Waals surface area contributed by atoms with Gasteiger partial charge in [0.15, 0.2) is 0 Å². The normalized spacial score (nSPS) is 20.9. The van der Waals surface area contributed by atoms with Crippen molar-refractivity contribution in [2.75, 3.05) is 13.1 Å². The van der Waals surface area contributed by atoms with Crippen molar-refractivity contribution in [3.05, 3.63) is 30.5 Å². The van der Waals surface area contributed by atoms with Crippen molar-refractivity contribution < 1.29 is 0 Å². The van der Waals surface area contributed by atoms with E-state index in [9.17, 15) is 0 Å². The summed E-state index contributed by atoms with van der Waals surface area (Å²) in [5, 5.41) is 3.35. The first-order valence-electron chi connectivity index (χ1n) is 5.32. The average molecular weight is 202 g/mol. The molecule has 15 heavy (non-hydrogen) atoms. The van der Waals surface area contributed by atoms with Crippen LogP contribution < -0.4 is 5.32 Å². The predicted molar refractivity (Wildman–Crippen MR) is 58.6 cm³/mol. The minimum Gasteiger partial charge on any atom is -0.367 e. The van der Waals surface area contributed by atoms with Gasteiger partial charge < -0.3 is 15.3 Å². The number of H-pyrrole nitrogens is 2. The second-order valence-corrected chi connectivity index (χ2v) is 3.97. The topological polar surface area (TPSA) is 56.5 Å². The maximum absolute atomic E-state index is 4.44. The van der Waals surface area contributed by atoms with E-state index in [4.69, 9.17) is 0 Å². The van der Waals surface area contributed by atoms with Crippen LogP contribution in [-0.2, 0) is 0 Å². The number of aromatic amines is 2. The highest BCUT2D eigenvalue weighted by Gasteiger charge is 2.19. The molecule has 4 heteroatoms. The Kier molecular flexibility index (Phi) is 2.07. The lowest BCUT2D eigenvalue weighted by Crippen LogP contribution is -2.08. The Labute approximate surface area is 88.1 Å². The second kappa shape index (κ2) is 3.55. The van der Waals surface area contributed by atoms with Gasteiger partial charge in [-0.1, -0.05) is 0 Å². The molecule has 1 atom stereocenters. The molecule has 1 saturated heterocycles. The van der Waals surface area contributed by atoms with Crippen LogP contribution in [0.2, 0.25) is 0 Å². The van der Waals surface area contributed by atoms with Crippen LogP contribution >= 0.6 is 0 Å². The molecule has 0 amide bonds. The van der Waals surface area contributed by atoms with E-state index >= 15 is 0 Å². The molecule has 2 aromatic rings. The van der Waals surface area contributed by atoms with Gasteiger partial charge in [-0.15, -0.1) is 0 Å². The van der Waals surface area contributed by atoms with Gasteiger partial charge in [-0.25, -0.2) is 4.98 Å². The summed E-state index contributed by atoms with van der Waals surface area (Å²) in [5.41, 5.74) is 2.26. The molecule has 1 unspecified atom stereocenters. The van der Waals surface area contributed by atoms with E-state index in [2.05, 4.69) is 20.3 Å². The molecule has 78 valence electrons. The summed E-state index contributed by atoms with van der Waals surface area (Å²) in [7, 11) is 0. The molecule has 4 nitrogen and oxygen atoms in total. The summed E-state index contributed by atoms with van der Waals surface area (Å²) >= 11 is 0. The van der Waals surface area contributed by atoms with Gasteiger partial charge in [0.2, 0.25) is 0 Å². The van der Waals surface area contributed by atoms with E-state index in [-0.39, 0.29) is 0 Å². The van der Waals surface area contributed by atoms with Crippen molar-refractivity contribution in [2.45, 2.75) is 12.3 Å². The molecular weight excluding hydrogens is 188 g/mol. The molecule has 0 spiro atoms. The highest BCUT2D eigenvalue weighted by atomic mass is 15.0. The van der Waals surface area contributed by atoms with Gasteiger partial charge in [-0.05, 0) is 19.0 Å². The van der Waals surface area contributed by atoms with Crippen LogP contribution in [0.4, 0.5) is 0 Å². The summed E-state index contributed by atoms with van der Waals surface area (Å²) in [4.78, 5) is 10.9. The van der Waals surface area contributed by atoms with Gasteiger partial charge in [0.1, 0.15) is 5.82 Å². The molecule has 2 aromatic heterocycles. The van der Waals surface area contributed by atoms with E-state index in [1.165, 1.54) is 12.0 Å². The van der Waals surface area contributed by atoms with Gasteiger partial charge >= 0.3 is 0 Å². The van der Waals surface area contributed by atoms with Crippen molar-refractivity contribution in [3.8, 4) is 11.3 Å². The molecule has 3 heterocycles. The van der Waals surface area contributed by atoms with Crippen LogP contribution in [0.25, 0.3) is 11.3 Å². The molecule has 0 saturated carbocycles. The molecule has 3 N–H and O–H groups in total. The zero-order valence-corrected chi connectivity index (χ0v) is 8.46. The van der Waals surface area contributed by atoms with Crippen molar-refractivity contribution in [2.24, 2.45) is 0 Å². The standard InChI is InChI=1S/C11H14N4/c1-3-12-5-8(1)10-7-14-11(15-10)9-2-4-13-6-9/h1,3,5,7,9,12-13H,2,4,6H2,(H,14,15). The molecule has 1 aliphatic rings. The molecule has 1 aliphatic heterocycles. The third-order valence-electron chi connectivity index (χ3n) is 2.95. The van der Waals surface area contributed by atoms with Gasteiger partial charge in [0.05, 0.1) is 11.9 Å². The maximum Gasteiger partial charge on any atom is 0.110 e. The van der Waals surface area contributed by atoms with Gasteiger partial charge in [0.25, 0.3) is 0 Å². The average Bonchev–Trinajstić information content (AvgIpc) is 3.02. The Bertz CT molecular complexity index is 423. The van der Waals surface area contributed by atoms with E-state index in [1.54, 1.807) is 0 Å². The minimum atomic E-state index is 0.553. The fourth-order valence-electron chi connectivity index (χ4n) is 2.07. The molecule has 1 fully saturated rings. The molecule has 0 aliphatic carbocycles. The quantitative estimate of drug-likeness (QED) is 0.691. The first kappa shape index (κ1) is 8.73. The fraction of sp³-hybridized carbons (Fsp3) is 0.364. The number of nitrogens with zero attached hydrogens (tertiary/aromatic N) is 1. The van der Waals surface area contributed by atoms with Gasteiger partial charge in [0, 0.05) is 30.4 Å². The summed E-state index contributed by atoms with van der Waals surface area (Å²) in [6.45, 7) is 2.14. The van der Waals surface area contributed by atoms with E-state index in [1.807, 2.05) is 24.7 Å². The summed E-state index contributed by atoms with van der Waals surface area (Å²) in [6, 6.07) is 2.05. The second-order valence-electron chi connectivity index (χ2n) is 3.97. The Morgan fingerprint density at radius 3 is 3.13 bits per heavy atom. The summed E-state index contributed by atoms with van der Waals surface area (Å²) < 4.78 is 0. The summed E-state index contributed by atoms with van der Waals surface area (Å²) in [5.74, 6) is 1.66. The van der Waals surface area contributed by atoms with Crippen LogP contribution in [0.5, 0.6) is 0 Å². The van der Waals surface area contributed by atoms with E-state index < -0.39 is 0 Å². The van der Waals surface area contributed by atoms with Crippen molar-refractivity contribution in [1.29, 1.82) is 0 Å². The Morgan fingerprint density at radius 1 is 1.40 bits per heavy atom. The largest absolute Gasteiger partial charge is 0.367 e. The minimum absolute atomic E-state index is 0.553. The third kappa shape index (κ3) is 1.57. The zero-order chi connectivity index (χ0) is 10.1. The Balaban J connectivity index is 1.87. The van der Waals surface area contributed by atoms with Gasteiger partial charge in [-0.3, -0.25) is 0 Å². The first-order valence-corrected chi connectivity index (χ1v) is 5.32. The highest BCUT2D eigenvalue weighted by Crippen LogP contribution is 2.23. The number of imidazole rings is 1. The lowest BCUT2D eigenvalue weighted by molar-refractivity contribution is 0.715. The van der Waals surface area contributed by atoms with E-state index in [0.717, 1.165) is 24.6 Å². The van der Waals surface area contributed by atoms with Gasteiger partial charge in [-0.2, -0.15) is 0 Å². The Morgan fingerprint density at radius 2 is 2.40 bits per heavy atom. The molecule has 0 bridgehead atoms. The lowest BCUT2D eigenvalue weighted by atomic mass is 10.1. The molecule has 3 rings (SSSR count). The highest BCUT2D eigenvalue weighted by molar-refractivity contribution is 5.57. The van der Waals surface area contributed by atoms with Crippen LogP contribution in [0, 0.1) is 0 Å². The number of nitrogens with one attached hydrogen (secondary N) is 3. The fourth-order valence-corrected chi connectivity index (χ4v) is 2.07. The SMILES string of the molecule is c1cc(-c2cnc(C3CCNC3)[nH]2)c[nH]1. The third-order valence-corrected chi connectivity index (χ3v) is 2.95. The van der Waals surface area contributed by atoms with Crippen molar-refractivity contribution in [1.82, 2.24) is 20.3 Å². The molecular formula is C11H14N4. The number of hydrogen-bond acceptors (Lipinski definition) is 2. The zero-order valence-electron chi connectivity index (χ0n) is 8.46. The molecule has 0 aromatic carbocycles. The predicted octanol–water partition coefficient (Wildman–Crippen LogP) is 1.48. The number of rotatable bonds is 2. The smallest absolute Gasteiger partial charge is 0.110 e. The molecule has 0 radical (unpaired) electrons. The number of aromatic nitrogens is 3. The first-order chi connectivity index (χ1) is 7.43. The number of hydrogen-bond donors (Lipinski definition) is 3. The maximum atomic E-state index is 4.44. The van der Waals surface area contributed by atoms with Crippen molar-refractivity contribution >= 4 is 0 Å². The van der Waals surface area contributed by atoms with Crippen LogP contribution in [0.3, 0.4) is 0 Å². The lowest BCUT2D eigenvalue weighted by Gasteiger charge is -2.02. The Hall–Kier alpha value is -1.55. The van der Waals surface area contributed by atoms with Crippen LogP contribution in [0.1, 0.15) is 18.2 Å². The van der Waals surface area contributed by atoms with Crippen molar-refractivity contribution in [3.63, 3.8) is 0 Å². The van der Waals surface area contributed by atoms with E-state index in [0.29, 0.717) is 5.92 Å². The van der Waals surface area contributed by atoms with Crippen LogP contribution in [-0.4, -0.2) is 28.0 Å². The van der Waals surface area contributed by atoms with Crippen LogP contribution in [0.15, 0.2) is 24.7 Å². The monoisotopic (exact) mass is 202 g/mol.